The molecule has 1 fully saturated rings. The van der Waals surface area contributed by atoms with Crippen molar-refractivity contribution in [1.29, 1.82) is 0 Å². The number of aromatic nitrogens is 1. The fraction of sp³-hybridized carbons (Fsp3) is 0.375. The molecule has 6 nitrogen and oxygen atoms in total. The molecule has 1 aromatic carbocycles. The molecule has 0 unspecified atom stereocenters. The molecule has 1 N–H and O–H groups in total. The van der Waals surface area contributed by atoms with Crippen LogP contribution in [-0.4, -0.2) is 37.3 Å². The summed E-state index contributed by atoms with van der Waals surface area (Å²) in [5, 5.41) is 1.86. The molecule has 27 heavy (non-hydrogen) atoms. The summed E-state index contributed by atoms with van der Waals surface area (Å²) in [6, 6.07) is 2.60. The molecule has 1 saturated heterocycles. The minimum atomic E-state index is -4.05. The zero-order chi connectivity index (χ0) is 19.6. The van der Waals surface area contributed by atoms with Gasteiger partial charge in [0.2, 0.25) is 5.91 Å². The van der Waals surface area contributed by atoms with Crippen molar-refractivity contribution in [2.45, 2.75) is 30.6 Å². The summed E-state index contributed by atoms with van der Waals surface area (Å²) in [5.41, 5.74) is 0.515. The second-order valence-corrected chi connectivity index (χ2v) is 9.79. The van der Waals surface area contributed by atoms with Crippen LogP contribution in [0, 0.1) is 0 Å². The number of amides is 1. The third kappa shape index (κ3) is 5.06. The van der Waals surface area contributed by atoms with E-state index in [1.165, 1.54) is 12.1 Å². The van der Waals surface area contributed by atoms with Gasteiger partial charge in [-0.05, 0) is 31.4 Å². The van der Waals surface area contributed by atoms with Crippen molar-refractivity contribution in [2.75, 3.05) is 17.8 Å². The predicted octanol–water partition coefficient (Wildman–Crippen LogP) is 4.46. The average molecular weight is 469 g/mol. The van der Waals surface area contributed by atoms with Crippen molar-refractivity contribution < 1.29 is 13.2 Å². The molecule has 0 spiro atoms. The number of nitrogens with zero attached hydrogens (tertiary/aromatic N) is 2. The van der Waals surface area contributed by atoms with E-state index in [0.29, 0.717) is 5.69 Å². The number of hydrogen-bond donors (Lipinski definition) is 1. The Morgan fingerprint density at radius 1 is 1.15 bits per heavy atom. The van der Waals surface area contributed by atoms with Crippen LogP contribution in [-0.2, 0) is 21.2 Å². The lowest BCUT2D eigenvalue weighted by atomic mass is 10.1. The van der Waals surface area contributed by atoms with Crippen molar-refractivity contribution in [3.05, 3.63) is 38.3 Å². The van der Waals surface area contributed by atoms with E-state index in [-0.39, 0.29) is 37.4 Å². The fourth-order valence-electron chi connectivity index (χ4n) is 2.80. The number of carbonyl (C=O) groups is 1. The van der Waals surface area contributed by atoms with E-state index in [2.05, 4.69) is 9.71 Å². The maximum absolute atomic E-state index is 12.6. The van der Waals surface area contributed by atoms with E-state index in [1.807, 2.05) is 4.90 Å². The third-order valence-electron chi connectivity index (χ3n) is 4.05. The first-order valence-electron chi connectivity index (χ1n) is 8.16. The maximum atomic E-state index is 12.6. The topological polar surface area (TPSA) is 79.4 Å². The van der Waals surface area contributed by atoms with Crippen LogP contribution < -0.4 is 4.72 Å². The van der Waals surface area contributed by atoms with E-state index < -0.39 is 10.0 Å². The van der Waals surface area contributed by atoms with E-state index in [1.54, 1.807) is 5.38 Å². The van der Waals surface area contributed by atoms with Crippen molar-refractivity contribution >= 4 is 67.2 Å². The Balaban J connectivity index is 1.72. The highest BCUT2D eigenvalue weighted by molar-refractivity contribution is 7.93. The SMILES string of the molecule is O=C(Cc1csc(NS(=O)(=O)c2c(Cl)cc(Cl)cc2Cl)n1)N1CCCCC1. The lowest BCUT2D eigenvalue weighted by Gasteiger charge is -2.26. The first-order chi connectivity index (χ1) is 12.8. The highest BCUT2D eigenvalue weighted by Crippen LogP contribution is 2.34. The number of hydrogen-bond acceptors (Lipinski definition) is 5. The lowest BCUT2D eigenvalue weighted by molar-refractivity contribution is -0.131. The first-order valence-corrected chi connectivity index (χ1v) is 11.7. The minimum absolute atomic E-state index is 0.00167. The van der Waals surface area contributed by atoms with Crippen LogP contribution >= 0.6 is 46.1 Å². The molecular formula is C16H16Cl3N3O3S2. The van der Waals surface area contributed by atoms with Gasteiger partial charge in [0.15, 0.2) is 5.13 Å². The van der Waals surface area contributed by atoms with Crippen LogP contribution in [0.4, 0.5) is 5.13 Å². The maximum Gasteiger partial charge on any atom is 0.266 e. The number of thiazole rings is 1. The molecule has 2 aromatic rings. The van der Waals surface area contributed by atoms with Gasteiger partial charge in [-0.2, -0.15) is 0 Å². The quantitative estimate of drug-likeness (QED) is 0.702. The van der Waals surface area contributed by atoms with Gasteiger partial charge < -0.3 is 4.90 Å². The Labute approximate surface area is 176 Å². The second-order valence-electron chi connectivity index (χ2n) is 6.07. The largest absolute Gasteiger partial charge is 0.342 e. The van der Waals surface area contributed by atoms with E-state index in [9.17, 15) is 13.2 Å². The molecule has 2 heterocycles. The number of nitrogens with one attached hydrogen (secondary N) is 1. The molecular weight excluding hydrogens is 453 g/mol. The Kier molecular flexibility index (Phi) is 6.53. The summed E-state index contributed by atoms with van der Waals surface area (Å²) in [6.45, 7) is 1.52. The third-order valence-corrected chi connectivity index (χ3v) is 7.46. The smallest absolute Gasteiger partial charge is 0.266 e. The molecule has 0 bridgehead atoms. The van der Waals surface area contributed by atoms with E-state index in [0.717, 1.165) is 43.7 Å². The Morgan fingerprint density at radius 3 is 2.41 bits per heavy atom. The van der Waals surface area contributed by atoms with Gasteiger partial charge in [-0.3, -0.25) is 9.52 Å². The molecule has 0 atom stereocenters. The van der Waals surface area contributed by atoms with Gasteiger partial charge in [0.05, 0.1) is 22.2 Å². The summed E-state index contributed by atoms with van der Waals surface area (Å²) in [5.74, 6) is -0.00167. The van der Waals surface area contributed by atoms with Gasteiger partial charge in [-0.15, -0.1) is 11.3 Å². The molecule has 0 saturated carbocycles. The summed E-state index contributed by atoms with van der Waals surface area (Å²) < 4.78 is 27.6. The highest BCUT2D eigenvalue weighted by atomic mass is 35.5. The van der Waals surface area contributed by atoms with Crippen LogP contribution in [0.25, 0.3) is 0 Å². The molecule has 11 heteroatoms. The first kappa shape index (κ1) is 20.7. The van der Waals surface area contributed by atoms with Gasteiger partial charge in [0.1, 0.15) is 4.90 Å². The summed E-state index contributed by atoms with van der Waals surface area (Å²) in [4.78, 5) is 18.1. The molecule has 146 valence electrons. The monoisotopic (exact) mass is 467 g/mol. The predicted molar refractivity (Wildman–Crippen MR) is 109 cm³/mol. The molecule has 1 aliphatic rings. The van der Waals surface area contributed by atoms with Crippen LogP contribution in [0.2, 0.25) is 15.1 Å². The molecule has 0 radical (unpaired) electrons. The van der Waals surface area contributed by atoms with Gasteiger partial charge in [0.25, 0.3) is 10.0 Å². The van der Waals surface area contributed by atoms with Gasteiger partial charge in [-0.1, -0.05) is 34.8 Å². The summed E-state index contributed by atoms with van der Waals surface area (Å²) in [7, 11) is -4.05. The van der Waals surface area contributed by atoms with Crippen molar-refractivity contribution in [3.63, 3.8) is 0 Å². The molecule has 3 rings (SSSR count). The zero-order valence-electron chi connectivity index (χ0n) is 14.0. The Bertz CT molecular complexity index is 934. The van der Waals surface area contributed by atoms with E-state index >= 15 is 0 Å². The normalized spacial score (nSPS) is 15.0. The molecule has 1 aliphatic heterocycles. The zero-order valence-corrected chi connectivity index (χ0v) is 17.9. The summed E-state index contributed by atoms with van der Waals surface area (Å²) in [6.07, 6.45) is 3.30. The number of rotatable bonds is 5. The van der Waals surface area contributed by atoms with Gasteiger partial charge in [-0.25, -0.2) is 13.4 Å². The van der Waals surface area contributed by atoms with Gasteiger partial charge in [0, 0.05) is 23.5 Å². The van der Waals surface area contributed by atoms with Crippen LogP contribution in [0.15, 0.2) is 22.4 Å². The standard InChI is InChI=1S/C16H16Cl3N3O3S2/c17-10-6-12(18)15(13(19)7-10)27(24,25)21-16-20-11(9-26-16)8-14(23)22-4-2-1-3-5-22/h6-7,9H,1-5,8H2,(H,20,21). The Morgan fingerprint density at radius 2 is 1.78 bits per heavy atom. The fourth-order valence-corrected chi connectivity index (χ4v) is 6.31. The number of likely N-dealkylation sites (tertiary alicyclic amines) is 1. The second kappa shape index (κ2) is 8.53. The van der Waals surface area contributed by atoms with Crippen LogP contribution in [0.3, 0.4) is 0 Å². The molecule has 1 amide bonds. The lowest BCUT2D eigenvalue weighted by Crippen LogP contribution is -2.36. The number of sulfonamides is 1. The van der Waals surface area contributed by atoms with Crippen molar-refractivity contribution in [3.8, 4) is 0 Å². The number of piperidine rings is 1. The number of halogens is 3. The average Bonchev–Trinajstić information content (AvgIpc) is 3.00. The number of anilines is 1. The number of carbonyl (C=O) groups excluding carboxylic acids is 1. The molecule has 0 aliphatic carbocycles. The van der Waals surface area contributed by atoms with Crippen LogP contribution in [0.1, 0.15) is 25.0 Å². The molecule has 1 aromatic heterocycles. The Hall–Kier alpha value is -1.06. The minimum Gasteiger partial charge on any atom is -0.342 e. The van der Waals surface area contributed by atoms with E-state index in [4.69, 9.17) is 34.8 Å². The summed E-state index contributed by atoms with van der Waals surface area (Å²) >= 11 is 18.9. The van der Waals surface area contributed by atoms with Crippen molar-refractivity contribution in [1.82, 2.24) is 9.88 Å². The number of benzene rings is 1. The van der Waals surface area contributed by atoms with Crippen LogP contribution in [0.5, 0.6) is 0 Å². The van der Waals surface area contributed by atoms with Crippen molar-refractivity contribution in [2.24, 2.45) is 0 Å². The van der Waals surface area contributed by atoms with Gasteiger partial charge >= 0.3 is 0 Å². The highest BCUT2D eigenvalue weighted by Gasteiger charge is 2.24.